The second kappa shape index (κ2) is 5.25. The molecule has 0 spiro atoms. The lowest BCUT2D eigenvalue weighted by molar-refractivity contribution is -0.137. The molecule has 104 valence electrons. The number of alkyl halides is 3. The van der Waals surface area contributed by atoms with Gasteiger partial charge in [0.15, 0.2) is 5.78 Å². The lowest BCUT2D eigenvalue weighted by atomic mass is 10.0. The molecule has 0 unspecified atom stereocenters. The molecule has 1 nitrogen and oxygen atoms in total. The fourth-order valence-corrected chi connectivity index (χ4v) is 1.89. The highest BCUT2D eigenvalue weighted by Gasteiger charge is 2.32. The summed E-state index contributed by atoms with van der Waals surface area (Å²) in [4.78, 5) is 12.1. The van der Waals surface area contributed by atoms with Crippen LogP contribution in [0.2, 0.25) is 5.02 Å². The van der Waals surface area contributed by atoms with Crippen LogP contribution in [0.1, 0.15) is 21.5 Å². The average molecular weight is 303 g/mol. The van der Waals surface area contributed by atoms with E-state index < -0.39 is 28.9 Å². The molecular formula is C14H7ClF4O. The summed E-state index contributed by atoms with van der Waals surface area (Å²) in [5.41, 5.74) is -1.80. The maximum Gasteiger partial charge on any atom is 0.416 e. The molecule has 0 aromatic heterocycles. The van der Waals surface area contributed by atoms with Gasteiger partial charge in [0.2, 0.25) is 0 Å². The fourth-order valence-electron chi connectivity index (χ4n) is 1.67. The molecule has 0 bridgehead atoms. The Hall–Kier alpha value is -1.88. The van der Waals surface area contributed by atoms with Gasteiger partial charge in [-0.1, -0.05) is 23.7 Å². The van der Waals surface area contributed by atoms with Crippen molar-refractivity contribution in [2.45, 2.75) is 6.18 Å². The fraction of sp³-hybridized carbons (Fsp3) is 0.0714. The van der Waals surface area contributed by atoms with Gasteiger partial charge in [0, 0.05) is 5.56 Å². The number of ketones is 1. The van der Waals surface area contributed by atoms with Crippen molar-refractivity contribution < 1.29 is 22.4 Å². The molecule has 0 saturated carbocycles. The van der Waals surface area contributed by atoms with E-state index >= 15 is 0 Å². The highest BCUT2D eigenvalue weighted by molar-refractivity contribution is 6.35. The summed E-state index contributed by atoms with van der Waals surface area (Å²) in [5, 5.41) is 0.0503. The third-order valence-electron chi connectivity index (χ3n) is 2.66. The summed E-state index contributed by atoms with van der Waals surface area (Å²) < 4.78 is 51.3. The minimum atomic E-state index is -4.65. The molecule has 2 aromatic carbocycles. The molecule has 6 heteroatoms. The van der Waals surface area contributed by atoms with Crippen LogP contribution in [0, 0.1) is 5.82 Å². The van der Waals surface area contributed by atoms with E-state index in [1.54, 1.807) is 6.07 Å². The van der Waals surface area contributed by atoms with Gasteiger partial charge in [0.05, 0.1) is 16.1 Å². The van der Waals surface area contributed by atoms with Crippen molar-refractivity contribution in [3.05, 3.63) is 70.0 Å². The zero-order valence-electron chi connectivity index (χ0n) is 9.84. The van der Waals surface area contributed by atoms with Gasteiger partial charge in [-0.3, -0.25) is 4.79 Å². The Labute approximate surface area is 116 Å². The van der Waals surface area contributed by atoms with Crippen LogP contribution in [0.4, 0.5) is 17.6 Å². The number of hydrogen-bond acceptors (Lipinski definition) is 1. The van der Waals surface area contributed by atoms with Crippen LogP contribution < -0.4 is 0 Å². The van der Waals surface area contributed by atoms with Gasteiger partial charge in [-0.2, -0.15) is 13.2 Å². The molecule has 0 atom stereocenters. The summed E-state index contributed by atoms with van der Waals surface area (Å²) in [6, 6.07) is 7.46. The molecular weight excluding hydrogens is 296 g/mol. The first-order valence-electron chi connectivity index (χ1n) is 5.46. The van der Waals surface area contributed by atoms with Crippen LogP contribution >= 0.6 is 11.6 Å². The molecule has 2 aromatic rings. The van der Waals surface area contributed by atoms with Gasteiger partial charge in [0.1, 0.15) is 5.82 Å². The van der Waals surface area contributed by atoms with Gasteiger partial charge in [0.25, 0.3) is 0 Å². The largest absolute Gasteiger partial charge is 0.416 e. The third-order valence-corrected chi connectivity index (χ3v) is 2.99. The first-order valence-corrected chi connectivity index (χ1v) is 5.84. The van der Waals surface area contributed by atoms with Crippen molar-refractivity contribution in [2.24, 2.45) is 0 Å². The van der Waals surface area contributed by atoms with Crippen molar-refractivity contribution in [1.29, 1.82) is 0 Å². The van der Waals surface area contributed by atoms with Crippen LogP contribution in [-0.4, -0.2) is 5.78 Å². The minimum Gasteiger partial charge on any atom is -0.288 e. The normalized spacial score (nSPS) is 11.4. The van der Waals surface area contributed by atoms with Gasteiger partial charge < -0.3 is 0 Å². The predicted octanol–water partition coefficient (Wildman–Crippen LogP) is 4.73. The van der Waals surface area contributed by atoms with Crippen molar-refractivity contribution in [3.63, 3.8) is 0 Å². The molecule has 20 heavy (non-hydrogen) atoms. The monoisotopic (exact) mass is 302 g/mol. The van der Waals surface area contributed by atoms with E-state index in [1.165, 1.54) is 18.2 Å². The van der Waals surface area contributed by atoms with Crippen LogP contribution in [0.3, 0.4) is 0 Å². The van der Waals surface area contributed by atoms with E-state index in [4.69, 9.17) is 11.6 Å². The molecule has 0 heterocycles. The van der Waals surface area contributed by atoms with Gasteiger partial charge in [-0.25, -0.2) is 4.39 Å². The van der Waals surface area contributed by atoms with E-state index in [1.807, 2.05) is 0 Å². The molecule has 0 fully saturated rings. The third kappa shape index (κ3) is 2.82. The summed E-state index contributed by atoms with van der Waals surface area (Å²) in [6.07, 6.45) is -4.65. The maximum absolute atomic E-state index is 13.6. The van der Waals surface area contributed by atoms with Gasteiger partial charge in [-0.15, -0.1) is 0 Å². The topological polar surface area (TPSA) is 17.1 Å². The standard InChI is InChI=1S/C14H7ClF4O/c15-11-4-2-1-3-9(11)13(20)10-7-8(14(17,18)19)5-6-12(10)16/h1-7H. The zero-order chi connectivity index (χ0) is 14.9. The SMILES string of the molecule is O=C(c1cc(C(F)(F)F)ccc1F)c1ccccc1Cl. The Kier molecular flexibility index (Phi) is 3.81. The summed E-state index contributed by atoms with van der Waals surface area (Å²) in [6.45, 7) is 0. The first-order chi connectivity index (χ1) is 9.30. The van der Waals surface area contributed by atoms with E-state index in [-0.39, 0.29) is 10.6 Å². The zero-order valence-corrected chi connectivity index (χ0v) is 10.6. The number of rotatable bonds is 2. The number of carbonyl (C=O) groups excluding carboxylic acids is 1. The highest BCUT2D eigenvalue weighted by Crippen LogP contribution is 2.31. The Balaban J connectivity index is 2.53. The number of halogens is 5. The van der Waals surface area contributed by atoms with E-state index in [0.717, 1.165) is 0 Å². The van der Waals surface area contributed by atoms with Crippen molar-refractivity contribution in [1.82, 2.24) is 0 Å². The summed E-state index contributed by atoms with van der Waals surface area (Å²) in [7, 11) is 0. The average Bonchev–Trinajstić information content (AvgIpc) is 2.37. The molecule has 0 aliphatic carbocycles. The Bertz CT molecular complexity index is 664. The van der Waals surface area contributed by atoms with Crippen LogP contribution in [0.5, 0.6) is 0 Å². The molecule has 0 radical (unpaired) electrons. The first kappa shape index (κ1) is 14.5. The van der Waals surface area contributed by atoms with Crippen molar-refractivity contribution in [2.75, 3.05) is 0 Å². The molecule has 0 saturated heterocycles. The molecule has 0 aliphatic heterocycles. The van der Waals surface area contributed by atoms with E-state index in [9.17, 15) is 22.4 Å². The highest BCUT2D eigenvalue weighted by atomic mass is 35.5. The number of hydrogen-bond donors (Lipinski definition) is 0. The second-order valence-electron chi connectivity index (χ2n) is 4.00. The van der Waals surface area contributed by atoms with Crippen molar-refractivity contribution in [3.8, 4) is 0 Å². The Morgan fingerprint density at radius 1 is 1.00 bits per heavy atom. The van der Waals surface area contributed by atoms with E-state index in [2.05, 4.69) is 0 Å². The molecule has 0 N–H and O–H groups in total. The predicted molar refractivity (Wildman–Crippen MR) is 66.3 cm³/mol. The summed E-state index contributed by atoms with van der Waals surface area (Å²) in [5.74, 6) is -1.91. The van der Waals surface area contributed by atoms with Crippen LogP contribution in [0.25, 0.3) is 0 Å². The molecule has 2 rings (SSSR count). The molecule has 0 aliphatic rings. The smallest absolute Gasteiger partial charge is 0.288 e. The Morgan fingerprint density at radius 2 is 1.65 bits per heavy atom. The van der Waals surface area contributed by atoms with Crippen LogP contribution in [0.15, 0.2) is 42.5 Å². The quantitative estimate of drug-likeness (QED) is 0.579. The van der Waals surface area contributed by atoms with Crippen LogP contribution in [-0.2, 0) is 6.18 Å². The minimum absolute atomic E-state index is 0.0487. The second-order valence-corrected chi connectivity index (χ2v) is 4.41. The van der Waals surface area contributed by atoms with E-state index in [0.29, 0.717) is 18.2 Å². The number of benzene rings is 2. The summed E-state index contributed by atoms with van der Waals surface area (Å²) >= 11 is 5.79. The van der Waals surface area contributed by atoms with Gasteiger partial charge >= 0.3 is 6.18 Å². The Morgan fingerprint density at radius 3 is 2.25 bits per heavy atom. The maximum atomic E-state index is 13.6. The van der Waals surface area contributed by atoms with Gasteiger partial charge in [-0.05, 0) is 30.3 Å². The lowest BCUT2D eigenvalue weighted by Gasteiger charge is -2.10. The molecule has 0 amide bonds. The number of carbonyl (C=O) groups is 1. The lowest BCUT2D eigenvalue weighted by Crippen LogP contribution is -2.10. The van der Waals surface area contributed by atoms with Crippen molar-refractivity contribution >= 4 is 17.4 Å².